The third-order valence-corrected chi connectivity index (χ3v) is 5.72. The maximum Gasteiger partial charge on any atom is 0.316 e. The van der Waals surface area contributed by atoms with Gasteiger partial charge in [-0.2, -0.15) is 4.99 Å². The number of pyridine rings is 1. The highest BCUT2D eigenvalue weighted by Gasteiger charge is 2.12. The summed E-state index contributed by atoms with van der Waals surface area (Å²) < 4.78 is 7.56. The van der Waals surface area contributed by atoms with E-state index >= 15 is 0 Å². The van der Waals surface area contributed by atoms with Crippen LogP contribution >= 0.6 is 11.3 Å². The van der Waals surface area contributed by atoms with Crippen molar-refractivity contribution in [1.82, 2.24) is 19.8 Å². The maximum atomic E-state index is 12.7. The molecule has 0 saturated heterocycles. The summed E-state index contributed by atoms with van der Waals surface area (Å²) in [5, 5.41) is 4.86. The molecule has 174 valence electrons. The van der Waals surface area contributed by atoms with Gasteiger partial charge in [0.05, 0.1) is 17.9 Å². The molecule has 0 fully saturated rings. The highest BCUT2D eigenvalue weighted by Crippen LogP contribution is 2.23. The normalized spacial score (nSPS) is 11.3. The molecular weight excluding hydrogens is 438 g/mol. The molecule has 0 bridgehead atoms. The summed E-state index contributed by atoms with van der Waals surface area (Å²) >= 11 is 1.41. The zero-order valence-electron chi connectivity index (χ0n) is 19.4. The predicted octanol–water partition coefficient (Wildman–Crippen LogP) is 3.72. The molecule has 3 amide bonds. The van der Waals surface area contributed by atoms with Crippen molar-refractivity contribution in [2.24, 2.45) is 4.99 Å². The van der Waals surface area contributed by atoms with Crippen LogP contribution < -0.4 is 14.9 Å². The second-order valence-corrected chi connectivity index (χ2v) is 8.43. The first kappa shape index (κ1) is 24.2. The van der Waals surface area contributed by atoms with Gasteiger partial charge >= 0.3 is 6.03 Å². The first-order valence-electron chi connectivity index (χ1n) is 10.8. The zero-order valence-corrected chi connectivity index (χ0v) is 20.2. The van der Waals surface area contributed by atoms with E-state index in [2.05, 4.69) is 15.3 Å². The summed E-state index contributed by atoms with van der Waals surface area (Å²) in [7, 11) is 3.41. The van der Waals surface area contributed by atoms with Crippen LogP contribution in [0.2, 0.25) is 0 Å². The van der Waals surface area contributed by atoms with Crippen molar-refractivity contribution in [3.05, 3.63) is 64.0 Å². The topological polar surface area (TPSA) is 88.8 Å². The van der Waals surface area contributed by atoms with Crippen molar-refractivity contribution in [1.29, 1.82) is 0 Å². The molecule has 1 N–H and O–H groups in total. The van der Waals surface area contributed by atoms with E-state index in [0.29, 0.717) is 36.5 Å². The standard InChI is InChI=1S/C24H29N5O3S/c1-5-32-20-11-9-18(10-12-20)21-16-33-24(27-22(30)19-8-7-17(2)26-15-19)29(21)14-6-13-25-23(31)28(3)4/h7-12,15-16H,5-6,13-14H2,1-4H3,(H,25,31). The molecule has 8 nitrogen and oxygen atoms in total. The summed E-state index contributed by atoms with van der Waals surface area (Å²) in [6.45, 7) is 5.53. The number of hydrogen-bond donors (Lipinski definition) is 1. The van der Waals surface area contributed by atoms with E-state index < -0.39 is 0 Å². The van der Waals surface area contributed by atoms with Crippen LogP contribution in [0.5, 0.6) is 5.75 Å². The molecule has 0 aliphatic heterocycles. The number of thiazole rings is 1. The summed E-state index contributed by atoms with van der Waals surface area (Å²) in [4.78, 5) is 35.2. The number of ether oxygens (including phenoxy) is 1. The van der Waals surface area contributed by atoms with Gasteiger partial charge in [-0.15, -0.1) is 11.3 Å². The minimum absolute atomic E-state index is 0.135. The Balaban J connectivity index is 1.89. The number of benzene rings is 1. The molecule has 3 aromatic rings. The number of hydrogen-bond acceptors (Lipinski definition) is 5. The Morgan fingerprint density at radius 3 is 2.58 bits per heavy atom. The molecule has 2 heterocycles. The molecule has 0 aliphatic rings. The minimum Gasteiger partial charge on any atom is -0.494 e. The van der Waals surface area contributed by atoms with Gasteiger partial charge in [0.25, 0.3) is 5.91 Å². The fraction of sp³-hybridized carbons (Fsp3) is 0.333. The van der Waals surface area contributed by atoms with Crippen LogP contribution in [0.1, 0.15) is 29.4 Å². The van der Waals surface area contributed by atoms with Crippen molar-refractivity contribution < 1.29 is 14.3 Å². The summed E-state index contributed by atoms with van der Waals surface area (Å²) in [6.07, 6.45) is 2.23. The second kappa shape index (κ2) is 11.4. The van der Waals surface area contributed by atoms with Crippen LogP contribution in [0.25, 0.3) is 11.3 Å². The van der Waals surface area contributed by atoms with Crippen molar-refractivity contribution >= 4 is 23.3 Å². The largest absolute Gasteiger partial charge is 0.494 e. The average molecular weight is 468 g/mol. The molecule has 0 spiro atoms. The monoisotopic (exact) mass is 467 g/mol. The lowest BCUT2D eigenvalue weighted by Crippen LogP contribution is -2.35. The van der Waals surface area contributed by atoms with Crippen LogP contribution in [-0.2, 0) is 6.54 Å². The lowest BCUT2D eigenvalue weighted by molar-refractivity contribution is 0.0997. The Kier molecular flexibility index (Phi) is 8.37. The minimum atomic E-state index is -0.336. The van der Waals surface area contributed by atoms with Crippen LogP contribution in [0.3, 0.4) is 0 Å². The van der Waals surface area contributed by atoms with Crippen molar-refractivity contribution in [2.75, 3.05) is 27.2 Å². The van der Waals surface area contributed by atoms with E-state index in [1.54, 1.807) is 32.4 Å². The third-order valence-electron chi connectivity index (χ3n) is 4.86. The first-order valence-corrected chi connectivity index (χ1v) is 11.7. The maximum absolute atomic E-state index is 12.7. The lowest BCUT2D eigenvalue weighted by atomic mass is 10.1. The second-order valence-electron chi connectivity index (χ2n) is 7.60. The first-order chi connectivity index (χ1) is 15.9. The van der Waals surface area contributed by atoms with E-state index in [0.717, 1.165) is 22.7 Å². The molecule has 3 rings (SSSR count). The van der Waals surface area contributed by atoms with Crippen molar-refractivity contribution in [3.63, 3.8) is 0 Å². The Labute approximate surface area is 197 Å². The van der Waals surface area contributed by atoms with E-state index in [1.165, 1.54) is 16.2 Å². The van der Waals surface area contributed by atoms with Gasteiger partial charge in [-0.3, -0.25) is 9.78 Å². The molecule has 0 atom stereocenters. The number of carbonyl (C=O) groups excluding carboxylic acids is 2. The van der Waals surface area contributed by atoms with Gasteiger partial charge in [-0.1, -0.05) is 0 Å². The Bertz CT molecular complexity index is 1150. The van der Waals surface area contributed by atoms with Gasteiger partial charge in [0, 0.05) is 44.5 Å². The highest BCUT2D eigenvalue weighted by atomic mass is 32.1. The van der Waals surface area contributed by atoms with Gasteiger partial charge in [-0.25, -0.2) is 4.79 Å². The molecule has 0 saturated carbocycles. The number of aromatic nitrogens is 2. The summed E-state index contributed by atoms with van der Waals surface area (Å²) in [5.74, 6) is 0.471. The van der Waals surface area contributed by atoms with E-state index in [-0.39, 0.29) is 11.9 Å². The van der Waals surface area contributed by atoms with Crippen LogP contribution in [0.15, 0.2) is 53.0 Å². The van der Waals surface area contributed by atoms with Gasteiger partial charge in [0.1, 0.15) is 5.75 Å². The van der Waals surface area contributed by atoms with Crippen LogP contribution in [-0.4, -0.2) is 53.6 Å². The molecule has 9 heteroatoms. The molecule has 0 unspecified atom stereocenters. The molecule has 1 aromatic carbocycles. The number of nitrogens with zero attached hydrogens (tertiary/aromatic N) is 4. The van der Waals surface area contributed by atoms with Gasteiger partial charge < -0.3 is 19.5 Å². The lowest BCUT2D eigenvalue weighted by Gasteiger charge is -2.13. The fourth-order valence-corrected chi connectivity index (χ4v) is 4.02. The number of nitrogens with one attached hydrogen (secondary N) is 1. The summed E-state index contributed by atoms with van der Waals surface area (Å²) in [5.41, 5.74) is 3.24. The van der Waals surface area contributed by atoms with E-state index in [9.17, 15) is 9.59 Å². The van der Waals surface area contributed by atoms with Gasteiger partial charge in [-0.05, 0) is 62.2 Å². The Morgan fingerprint density at radius 2 is 1.94 bits per heavy atom. The number of urea groups is 1. The van der Waals surface area contributed by atoms with E-state index in [1.807, 2.05) is 48.1 Å². The van der Waals surface area contributed by atoms with Crippen molar-refractivity contribution in [3.8, 4) is 17.0 Å². The number of rotatable bonds is 8. The molecule has 0 radical (unpaired) electrons. The average Bonchev–Trinajstić information content (AvgIpc) is 3.19. The highest BCUT2D eigenvalue weighted by molar-refractivity contribution is 7.07. The Hall–Kier alpha value is -3.46. The molecule has 33 heavy (non-hydrogen) atoms. The van der Waals surface area contributed by atoms with Crippen LogP contribution in [0, 0.1) is 6.92 Å². The Morgan fingerprint density at radius 1 is 1.18 bits per heavy atom. The quantitative estimate of drug-likeness (QED) is 0.512. The van der Waals surface area contributed by atoms with E-state index in [4.69, 9.17) is 4.74 Å². The number of amides is 3. The van der Waals surface area contributed by atoms with Crippen molar-refractivity contribution in [2.45, 2.75) is 26.8 Å². The molecule has 2 aromatic heterocycles. The van der Waals surface area contributed by atoms with Gasteiger partial charge in [0.2, 0.25) is 0 Å². The summed E-state index contributed by atoms with van der Waals surface area (Å²) in [6, 6.07) is 11.2. The molecule has 0 aliphatic carbocycles. The zero-order chi connectivity index (χ0) is 23.8. The van der Waals surface area contributed by atoms with Crippen LogP contribution in [0.4, 0.5) is 4.79 Å². The SMILES string of the molecule is CCOc1ccc(-c2csc(=NC(=O)c3ccc(C)nc3)n2CCCNC(=O)N(C)C)cc1. The number of carbonyl (C=O) groups is 2. The smallest absolute Gasteiger partial charge is 0.316 e. The predicted molar refractivity (Wildman–Crippen MR) is 129 cm³/mol. The molecular formula is C24H29N5O3S. The van der Waals surface area contributed by atoms with Gasteiger partial charge in [0.15, 0.2) is 4.80 Å². The third kappa shape index (κ3) is 6.52. The number of aryl methyl sites for hydroxylation is 1. The fourth-order valence-electron chi connectivity index (χ4n) is 3.09.